The lowest BCUT2D eigenvalue weighted by molar-refractivity contribution is -0.136. The molecule has 130 valence electrons. The van der Waals surface area contributed by atoms with Gasteiger partial charge in [-0.05, 0) is 61.4 Å². The minimum atomic E-state index is -0.800. The molecule has 0 spiro atoms. The lowest BCUT2D eigenvalue weighted by Gasteiger charge is -2.20. The van der Waals surface area contributed by atoms with Crippen molar-refractivity contribution < 1.29 is 14.7 Å². The number of aryl methyl sites for hydroxylation is 2. The molecule has 5 heteroatoms. The molecule has 25 heavy (non-hydrogen) atoms. The van der Waals surface area contributed by atoms with Crippen molar-refractivity contribution in [3.8, 4) is 5.75 Å². The first-order valence-corrected chi connectivity index (χ1v) is 8.56. The van der Waals surface area contributed by atoms with E-state index in [1.165, 1.54) is 36.1 Å². The van der Waals surface area contributed by atoms with E-state index in [4.69, 9.17) is 0 Å². The van der Waals surface area contributed by atoms with Crippen LogP contribution in [0.25, 0.3) is 0 Å². The molecular formula is C20H22N2O3. The van der Waals surface area contributed by atoms with E-state index in [0.717, 1.165) is 18.4 Å². The number of aromatic hydroxyl groups is 1. The van der Waals surface area contributed by atoms with Crippen LogP contribution in [0.3, 0.4) is 0 Å². The van der Waals surface area contributed by atoms with Crippen molar-refractivity contribution in [1.82, 2.24) is 5.32 Å². The predicted molar refractivity (Wildman–Crippen MR) is 96.4 cm³/mol. The molecule has 5 nitrogen and oxygen atoms in total. The summed E-state index contributed by atoms with van der Waals surface area (Å²) < 4.78 is 0. The molecule has 3 rings (SSSR count). The molecule has 1 aliphatic carbocycles. The maximum absolute atomic E-state index is 12.1. The van der Waals surface area contributed by atoms with Gasteiger partial charge in [0.2, 0.25) is 0 Å². The van der Waals surface area contributed by atoms with Crippen LogP contribution in [0.15, 0.2) is 42.5 Å². The smallest absolute Gasteiger partial charge is 0.313 e. The summed E-state index contributed by atoms with van der Waals surface area (Å²) in [5, 5.41) is 14.8. The second-order valence-electron chi connectivity index (χ2n) is 6.40. The second-order valence-corrected chi connectivity index (χ2v) is 6.40. The van der Waals surface area contributed by atoms with Crippen LogP contribution in [0.1, 0.15) is 42.5 Å². The highest BCUT2D eigenvalue weighted by atomic mass is 16.3. The van der Waals surface area contributed by atoms with Crippen LogP contribution in [-0.4, -0.2) is 16.9 Å². The molecule has 0 bridgehead atoms. The van der Waals surface area contributed by atoms with E-state index in [2.05, 4.69) is 22.8 Å². The van der Waals surface area contributed by atoms with Gasteiger partial charge in [0.1, 0.15) is 5.75 Å². The Morgan fingerprint density at radius 1 is 1.00 bits per heavy atom. The van der Waals surface area contributed by atoms with Gasteiger partial charge in [-0.15, -0.1) is 0 Å². The van der Waals surface area contributed by atoms with Gasteiger partial charge in [0.25, 0.3) is 0 Å². The van der Waals surface area contributed by atoms with E-state index in [1.807, 2.05) is 13.0 Å². The maximum atomic E-state index is 12.1. The van der Waals surface area contributed by atoms with Crippen molar-refractivity contribution in [2.24, 2.45) is 0 Å². The van der Waals surface area contributed by atoms with Gasteiger partial charge < -0.3 is 15.7 Å². The van der Waals surface area contributed by atoms with Crippen molar-refractivity contribution >= 4 is 17.5 Å². The van der Waals surface area contributed by atoms with Crippen LogP contribution in [0, 0.1) is 0 Å². The van der Waals surface area contributed by atoms with Gasteiger partial charge in [-0.2, -0.15) is 0 Å². The van der Waals surface area contributed by atoms with E-state index in [1.54, 1.807) is 12.1 Å². The summed E-state index contributed by atoms with van der Waals surface area (Å²) in [5.41, 5.74) is 3.92. The van der Waals surface area contributed by atoms with Gasteiger partial charge in [0.05, 0.1) is 11.7 Å². The Labute approximate surface area is 147 Å². The SMILES string of the molecule is CC(NC(=O)C(=O)Nc1ccccc1O)c1ccc2c(c1)CCCC2. The molecule has 1 aliphatic rings. The Morgan fingerprint density at radius 3 is 2.48 bits per heavy atom. The topological polar surface area (TPSA) is 78.4 Å². The molecule has 0 heterocycles. The van der Waals surface area contributed by atoms with Gasteiger partial charge >= 0.3 is 11.8 Å². The first-order chi connectivity index (χ1) is 12.0. The zero-order valence-corrected chi connectivity index (χ0v) is 14.2. The molecule has 0 fully saturated rings. The number of nitrogens with one attached hydrogen (secondary N) is 2. The minimum absolute atomic E-state index is 0.0774. The number of hydrogen-bond donors (Lipinski definition) is 3. The highest BCUT2D eigenvalue weighted by Gasteiger charge is 2.19. The standard InChI is InChI=1S/C20H22N2O3/c1-13(15-11-10-14-6-2-3-7-16(14)12-15)21-19(24)20(25)22-17-8-4-5-9-18(17)23/h4-5,8-13,23H,2-3,6-7H2,1H3,(H,21,24)(H,22,25). The minimum Gasteiger partial charge on any atom is -0.506 e. The van der Waals surface area contributed by atoms with E-state index < -0.39 is 11.8 Å². The molecule has 0 radical (unpaired) electrons. The third-order valence-electron chi connectivity index (χ3n) is 4.58. The van der Waals surface area contributed by atoms with Crippen LogP contribution < -0.4 is 10.6 Å². The first kappa shape index (κ1) is 17.0. The number of anilines is 1. The number of hydrogen-bond acceptors (Lipinski definition) is 3. The van der Waals surface area contributed by atoms with Gasteiger partial charge in [-0.1, -0.05) is 30.3 Å². The highest BCUT2D eigenvalue weighted by molar-refractivity contribution is 6.39. The summed E-state index contributed by atoms with van der Waals surface area (Å²) in [7, 11) is 0. The van der Waals surface area contributed by atoms with Crippen LogP contribution in [0.2, 0.25) is 0 Å². The molecule has 2 amide bonds. The third kappa shape index (κ3) is 3.99. The molecule has 1 unspecified atom stereocenters. The number of benzene rings is 2. The number of carbonyl (C=O) groups is 2. The predicted octanol–water partition coefficient (Wildman–Crippen LogP) is 3.09. The molecule has 0 saturated heterocycles. The average molecular weight is 338 g/mol. The Kier molecular flexibility index (Phi) is 5.03. The van der Waals surface area contributed by atoms with E-state index in [-0.39, 0.29) is 17.5 Å². The molecule has 2 aromatic carbocycles. The first-order valence-electron chi connectivity index (χ1n) is 8.56. The summed E-state index contributed by atoms with van der Waals surface area (Å²) in [4.78, 5) is 24.2. The highest BCUT2D eigenvalue weighted by Crippen LogP contribution is 2.25. The Morgan fingerprint density at radius 2 is 1.72 bits per heavy atom. The Hall–Kier alpha value is -2.82. The van der Waals surface area contributed by atoms with Crippen molar-refractivity contribution in [2.75, 3.05) is 5.32 Å². The zero-order chi connectivity index (χ0) is 17.8. The molecule has 1 atom stereocenters. The normalized spacial score (nSPS) is 14.3. The van der Waals surface area contributed by atoms with Crippen molar-refractivity contribution in [2.45, 2.75) is 38.6 Å². The number of para-hydroxylation sites is 2. The fourth-order valence-electron chi connectivity index (χ4n) is 3.13. The van der Waals surface area contributed by atoms with Crippen LogP contribution in [0.5, 0.6) is 5.75 Å². The van der Waals surface area contributed by atoms with Crippen molar-refractivity contribution in [1.29, 1.82) is 0 Å². The number of carbonyl (C=O) groups excluding carboxylic acids is 2. The maximum Gasteiger partial charge on any atom is 0.313 e. The fourth-order valence-corrected chi connectivity index (χ4v) is 3.13. The number of phenols is 1. The number of amides is 2. The van der Waals surface area contributed by atoms with Crippen LogP contribution in [-0.2, 0) is 22.4 Å². The quantitative estimate of drug-likeness (QED) is 0.594. The fraction of sp³-hybridized carbons (Fsp3) is 0.300. The van der Waals surface area contributed by atoms with Gasteiger partial charge in [0.15, 0.2) is 0 Å². The zero-order valence-electron chi connectivity index (χ0n) is 14.2. The number of rotatable bonds is 3. The second kappa shape index (κ2) is 7.38. The molecule has 0 aromatic heterocycles. The van der Waals surface area contributed by atoms with E-state index in [9.17, 15) is 14.7 Å². The molecule has 2 aromatic rings. The van der Waals surface area contributed by atoms with E-state index >= 15 is 0 Å². The lowest BCUT2D eigenvalue weighted by atomic mass is 9.89. The lowest BCUT2D eigenvalue weighted by Crippen LogP contribution is -2.37. The number of phenolic OH excluding ortho intramolecular Hbond substituents is 1. The van der Waals surface area contributed by atoms with Gasteiger partial charge in [-0.25, -0.2) is 0 Å². The van der Waals surface area contributed by atoms with Crippen molar-refractivity contribution in [3.05, 3.63) is 59.2 Å². The molecule has 3 N–H and O–H groups in total. The number of fused-ring (bicyclic) bond motifs is 1. The van der Waals surface area contributed by atoms with Gasteiger partial charge in [-0.3, -0.25) is 9.59 Å². The molecule has 0 aliphatic heterocycles. The third-order valence-corrected chi connectivity index (χ3v) is 4.58. The Bertz CT molecular complexity index is 801. The van der Waals surface area contributed by atoms with Crippen LogP contribution >= 0.6 is 0 Å². The largest absolute Gasteiger partial charge is 0.506 e. The Balaban J connectivity index is 1.64. The average Bonchev–Trinajstić information content (AvgIpc) is 2.63. The summed E-state index contributed by atoms with van der Waals surface area (Å²) >= 11 is 0. The summed E-state index contributed by atoms with van der Waals surface area (Å²) in [6.07, 6.45) is 4.60. The van der Waals surface area contributed by atoms with Gasteiger partial charge in [0, 0.05) is 0 Å². The summed E-state index contributed by atoms with van der Waals surface area (Å²) in [5.74, 6) is -1.61. The molecule has 0 saturated carbocycles. The summed E-state index contributed by atoms with van der Waals surface area (Å²) in [6.45, 7) is 1.86. The monoisotopic (exact) mass is 338 g/mol. The van der Waals surface area contributed by atoms with E-state index in [0.29, 0.717) is 0 Å². The van der Waals surface area contributed by atoms with Crippen molar-refractivity contribution in [3.63, 3.8) is 0 Å². The summed E-state index contributed by atoms with van der Waals surface area (Å²) in [6, 6.07) is 12.3. The van der Waals surface area contributed by atoms with Crippen LogP contribution in [0.4, 0.5) is 5.69 Å². The molecular weight excluding hydrogens is 316 g/mol.